The van der Waals surface area contributed by atoms with E-state index in [0.29, 0.717) is 37.6 Å². The molecule has 4 rings (SSSR count). The predicted octanol–water partition coefficient (Wildman–Crippen LogP) is 2.26. The van der Waals surface area contributed by atoms with E-state index in [1.165, 1.54) is 9.75 Å². The SMILES string of the molecule is O=c1c(OCC2(CF)CCC2)c(N2CCN(O)CC2)cnn1-c1ccccc1. The number of aromatic nitrogens is 2. The number of piperazine rings is 1. The van der Waals surface area contributed by atoms with Gasteiger partial charge in [-0.05, 0) is 25.0 Å². The zero-order chi connectivity index (χ0) is 19.6. The van der Waals surface area contributed by atoms with Gasteiger partial charge in [-0.15, -0.1) is 0 Å². The molecule has 28 heavy (non-hydrogen) atoms. The van der Waals surface area contributed by atoms with Crippen molar-refractivity contribution in [1.29, 1.82) is 0 Å². The van der Waals surface area contributed by atoms with E-state index in [9.17, 15) is 14.4 Å². The van der Waals surface area contributed by atoms with Crippen LogP contribution < -0.4 is 15.2 Å². The number of nitrogens with zero attached hydrogens (tertiary/aromatic N) is 4. The Morgan fingerprint density at radius 1 is 1.14 bits per heavy atom. The first-order chi connectivity index (χ1) is 13.6. The van der Waals surface area contributed by atoms with Gasteiger partial charge in [0, 0.05) is 31.6 Å². The molecule has 1 aromatic carbocycles. The van der Waals surface area contributed by atoms with Crippen molar-refractivity contribution in [3.63, 3.8) is 0 Å². The van der Waals surface area contributed by atoms with E-state index in [0.717, 1.165) is 19.3 Å². The Morgan fingerprint density at radius 2 is 1.86 bits per heavy atom. The molecule has 1 aliphatic heterocycles. The highest BCUT2D eigenvalue weighted by atomic mass is 19.1. The van der Waals surface area contributed by atoms with Gasteiger partial charge >= 0.3 is 5.56 Å². The first-order valence-electron chi connectivity index (χ1n) is 9.67. The molecule has 0 radical (unpaired) electrons. The standard InChI is InChI=1S/C20H25FN4O3/c21-14-20(7-4-8-20)15-28-18-17(23-9-11-24(27)12-10-23)13-22-25(19(18)26)16-5-2-1-3-6-16/h1-3,5-6,13,27H,4,7-12,14-15H2. The minimum atomic E-state index is -0.478. The van der Waals surface area contributed by atoms with Crippen LogP contribution in [0.25, 0.3) is 5.69 Å². The number of hydroxylamine groups is 2. The highest BCUT2D eigenvalue weighted by Crippen LogP contribution is 2.42. The first-order valence-corrected chi connectivity index (χ1v) is 9.67. The Hall–Kier alpha value is -2.45. The molecule has 2 heterocycles. The molecular formula is C20H25FN4O3. The molecule has 1 aliphatic carbocycles. The van der Waals surface area contributed by atoms with E-state index >= 15 is 0 Å². The summed E-state index contributed by atoms with van der Waals surface area (Å²) in [5.41, 5.74) is 0.406. The van der Waals surface area contributed by atoms with Crippen molar-refractivity contribution < 1.29 is 14.3 Å². The Labute approximate surface area is 162 Å². The van der Waals surface area contributed by atoms with Crippen LogP contribution in [0.1, 0.15) is 19.3 Å². The van der Waals surface area contributed by atoms with Crippen molar-refractivity contribution in [1.82, 2.24) is 14.8 Å². The molecule has 0 spiro atoms. The molecule has 0 amide bonds. The van der Waals surface area contributed by atoms with Crippen molar-refractivity contribution in [2.24, 2.45) is 5.41 Å². The number of anilines is 1. The van der Waals surface area contributed by atoms with E-state index in [4.69, 9.17) is 4.74 Å². The van der Waals surface area contributed by atoms with Crippen molar-refractivity contribution in [2.75, 3.05) is 44.4 Å². The van der Waals surface area contributed by atoms with Crippen LogP contribution >= 0.6 is 0 Å². The maximum absolute atomic E-state index is 13.5. The number of hydrogen-bond donors (Lipinski definition) is 1. The summed E-state index contributed by atoms with van der Waals surface area (Å²) in [6.45, 7) is 1.79. The second kappa shape index (κ2) is 7.89. The molecule has 8 heteroatoms. The van der Waals surface area contributed by atoms with E-state index < -0.39 is 12.1 Å². The van der Waals surface area contributed by atoms with Gasteiger partial charge in [0.05, 0.1) is 25.2 Å². The molecular weight excluding hydrogens is 363 g/mol. The lowest BCUT2D eigenvalue weighted by Gasteiger charge is -2.39. The lowest BCUT2D eigenvalue weighted by atomic mass is 9.70. The monoisotopic (exact) mass is 388 g/mol. The van der Waals surface area contributed by atoms with E-state index in [1.54, 1.807) is 18.3 Å². The third-order valence-corrected chi connectivity index (χ3v) is 5.73. The summed E-state index contributed by atoms with van der Waals surface area (Å²) in [5, 5.41) is 15.2. The number of ether oxygens (including phenoxy) is 1. The zero-order valence-corrected chi connectivity index (χ0v) is 15.8. The van der Waals surface area contributed by atoms with Crippen molar-refractivity contribution in [2.45, 2.75) is 19.3 Å². The summed E-state index contributed by atoms with van der Waals surface area (Å²) in [6, 6.07) is 9.15. The highest BCUT2D eigenvalue weighted by molar-refractivity contribution is 5.57. The largest absolute Gasteiger partial charge is 0.486 e. The fourth-order valence-corrected chi connectivity index (χ4v) is 3.70. The molecule has 1 aromatic heterocycles. The maximum Gasteiger partial charge on any atom is 0.316 e. The van der Waals surface area contributed by atoms with Gasteiger partial charge in [-0.25, -0.2) is 0 Å². The number of para-hydroxylation sites is 1. The Bertz CT molecular complexity index is 856. The van der Waals surface area contributed by atoms with Gasteiger partial charge in [0.25, 0.3) is 0 Å². The fourth-order valence-electron chi connectivity index (χ4n) is 3.70. The summed E-state index contributed by atoms with van der Waals surface area (Å²) < 4.78 is 20.8. The van der Waals surface area contributed by atoms with E-state index in [1.807, 2.05) is 23.1 Å². The molecule has 2 aromatic rings. The number of rotatable bonds is 6. The van der Waals surface area contributed by atoms with Gasteiger partial charge in [0.15, 0.2) is 0 Å². The lowest BCUT2D eigenvalue weighted by molar-refractivity contribution is -0.0936. The quantitative estimate of drug-likeness (QED) is 0.819. The summed E-state index contributed by atoms with van der Waals surface area (Å²) in [7, 11) is 0. The summed E-state index contributed by atoms with van der Waals surface area (Å²) in [5.74, 6) is 0.199. The van der Waals surface area contributed by atoms with Crippen LogP contribution in [0.3, 0.4) is 0 Å². The molecule has 2 fully saturated rings. The summed E-state index contributed by atoms with van der Waals surface area (Å²) in [6.07, 6.45) is 4.17. The van der Waals surface area contributed by atoms with Gasteiger partial charge in [-0.2, -0.15) is 14.8 Å². The minimum absolute atomic E-state index is 0.185. The van der Waals surface area contributed by atoms with Gasteiger partial charge in [-0.3, -0.25) is 9.18 Å². The summed E-state index contributed by atoms with van der Waals surface area (Å²) >= 11 is 0. The fraction of sp³-hybridized carbons (Fsp3) is 0.500. The van der Waals surface area contributed by atoms with Crippen LogP contribution in [-0.4, -0.2) is 59.5 Å². The Morgan fingerprint density at radius 3 is 2.46 bits per heavy atom. The third-order valence-electron chi connectivity index (χ3n) is 5.73. The van der Waals surface area contributed by atoms with Crippen LogP contribution in [0.5, 0.6) is 5.75 Å². The molecule has 2 aliphatic rings. The molecule has 1 N–H and O–H groups in total. The van der Waals surface area contributed by atoms with Gasteiger partial charge < -0.3 is 14.8 Å². The topological polar surface area (TPSA) is 70.8 Å². The molecule has 7 nitrogen and oxygen atoms in total. The summed E-state index contributed by atoms with van der Waals surface area (Å²) in [4.78, 5) is 15.2. The molecule has 0 unspecified atom stereocenters. The third kappa shape index (κ3) is 3.62. The van der Waals surface area contributed by atoms with Crippen molar-refractivity contribution >= 4 is 5.69 Å². The predicted molar refractivity (Wildman–Crippen MR) is 103 cm³/mol. The minimum Gasteiger partial charge on any atom is -0.486 e. The highest BCUT2D eigenvalue weighted by Gasteiger charge is 2.38. The van der Waals surface area contributed by atoms with E-state index in [-0.39, 0.29) is 17.9 Å². The van der Waals surface area contributed by atoms with Crippen LogP contribution in [0, 0.1) is 5.41 Å². The van der Waals surface area contributed by atoms with Crippen molar-refractivity contribution in [3.8, 4) is 11.4 Å². The normalized spacial score (nSPS) is 19.3. The Balaban J connectivity index is 1.69. The molecule has 0 atom stereocenters. The van der Waals surface area contributed by atoms with Gasteiger partial charge in [-0.1, -0.05) is 24.6 Å². The lowest BCUT2D eigenvalue weighted by Crippen LogP contribution is -2.46. The van der Waals surface area contributed by atoms with Crippen LogP contribution in [0.2, 0.25) is 0 Å². The van der Waals surface area contributed by atoms with Crippen LogP contribution in [0.4, 0.5) is 10.1 Å². The number of benzene rings is 1. The maximum atomic E-state index is 13.5. The number of hydrogen-bond acceptors (Lipinski definition) is 6. The molecule has 1 saturated carbocycles. The van der Waals surface area contributed by atoms with E-state index in [2.05, 4.69) is 5.10 Å². The number of halogens is 1. The first kappa shape index (κ1) is 18.9. The average Bonchev–Trinajstić information content (AvgIpc) is 2.70. The van der Waals surface area contributed by atoms with Crippen LogP contribution in [-0.2, 0) is 0 Å². The molecule has 1 saturated heterocycles. The number of alkyl halides is 1. The van der Waals surface area contributed by atoms with Crippen LogP contribution in [0.15, 0.2) is 41.3 Å². The van der Waals surface area contributed by atoms with Crippen molar-refractivity contribution in [3.05, 3.63) is 46.9 Å². The smallest absolute Gasteiger partial charge is 0.316 e. The molecule has 0 bridgehead atoms. The second-order valence-corrected chi connectivity index (χ2v) is 7.63. The molecule has 150 valence electrons. The second-order valence-electron chi connectivity index (χ2n) is 7.63. The average molecular weight is 388 g/mol. The zero-order valence-electron chi connectivity index (χ0n) is 15.8. The van der Waals surface area contributed by atoms with Gasteiger partial charge in [0.2, 0.25) is 5.75 Å². The van der Waals surface area contributed by atoms with Gasteiger partial charge in [0.1, 0.15) is 5.69 Å². The Kier molecular flexibility index (Phi) is 5.32.